The number of hydrogen-bond acceptors (Lipinski definition) is 4. The molecular formula is C19H17F2N5O3. The van der Waals surface area contributed by atoms with Crippen LogP contribution in [0, 0.1) is 11.6 Å². The van der Waals surface area contributed by atoms with Crippen molar-refractivity contribution in [1.82, 2.24) is 20.1 Å². The average Bonchev–Trinajstić information content (AvgIpc) is 3.05. The number of rotatable bonds is 6. The Kier molecular flexibility index (Phi) is 5.82. The van der Waals surface area contributed by atoms with Crippen LogP contribution in [0.3, 0.4) is 0 Å². The van der Waals surface area contributed by atoms with Gasteiger partial charge in [0, 0.05) is 37.5 Å². The van der Waals surface area contributed by atoms with E-state index in [1.54, 1.807) is 37.6 Å². The van der Waals surface area contributed by atoms with E-state index >= 15 is 0 Å². The van der Waals surface area contributed by atoms with E-state index in [1.165, 1.54) is 10.7 Å². The molecule has 10 heteroatoms. The third-order valence-corrected chi connectivity index (χ3v) is 4.15. The molecule has 1 atom stereocenters. The number of carbonyl (C=O) groups excluding carboxylic acids is 1. The van der Waals surface area contributed by atoms with Crippen LogP contribution in [0.25, 0.3) is 11.3 Å². The number of carboxylic acid groups (broad SMARTS) is 1. The van der Waals surface area contributed by atoms with E-state index in [1.807, 2.05) is 0 Å². The second-order valence-electron chi connectivity index (χ2n) is 6.22. The first-order valence-electron chi connectivity index (χ1n) is 8.52. The van der Waals surface area contributed by atoms with Crippen molar-refractivity contribution in [2.75, 3.05) is 5.32 Å². The molecule has 0 aliphatic carbocycles. The largest absolute Gasteiger partial charge is 0.465 e. The molecule has 2 aromatic heterocycles. The van der Waals surface area contributed by atoms with Gasteiger partial charge in [-0.15, -0.1) is 0 Å². The van der Waals surface area contributed by atoms with Crippen molar-refractivity contribution in [3.8, 4) is 11.3 Å². The van der Waals surface area contributed by atoms with Crippen LogP contribution in [0.1, 0.15) is 5.56 Å². The van der Waals surface area contributed by atoms with E-state index in [-0.39, 0.29) is 12.0 Å². The zero-order valence-corrected chi connectivity index (χ0v) is 15.3. The number of nitrogens with one attached hydrogen (secondary N) is 2. The van der Waals surface area contributed by atoms with E-state index in [9.17, 15) is 18.4 Å². The molecule has 0 unspecified atom stereocenters. The molecule has 2 heterocycles. The maximum absolute atomic E-state index is 13.4. The molecule has 0 radical (unpaired) electrons. The highest BCUT2D eigenvalue weighted by molar-refractivity contribution is 5.96. The van der Waals surface area contributed by atoms with Crippen LogP contribution >= 0.6 is 0 Å². The van der Waals surface area contributed by atoms with Crippen LogP contribution < -0.4 is 10.6 Å². The Morgan fingerprint density at radius 3 is 2.52 bits per heavy atom. The Morgan fingerprint density at radius 1 is 1.14 bits per heavy atom. The van der Waals surface area contributed by atoms with Crippen molar-refractivity contribution in [1.29, 1.82) is 0 Å². The van der Waals surface area contributed by atoms with E-state index in [4.69, 9.17) is 5.11 Å². The van der Waals surface area contributed by atoms with Gasteiger partial charge in [-0.05, 0) is 29.8 Å². The van der Waals surface area contributed by atoms with Crippen LogP contribution in [0.4, 0.5) is 19.4 Å². The van der Waals surface area contributed by atoms with E-state index in [0.717, 1.165) is 17.7 Å². The lowest BCUT2D eigenvalue weighted by molar-refractivity contribution is -0.118. The Hall–Kier alpha value is -3.82. The molecule has 0 bridgehead atoms. The number of hydrogen-bond donors (Lipinski definition) is 3. The zero-order valence-electron chi connectivity index (χ0n) is 15.3. The second-order valence-corrected chi connectivity index (χ2v) is 6.22. The fourth-order valence-corrected chi connectivity index (χ4v) is 2.72. The molecule has 29 heavy (non-hydrogen) atoms. The van der Waals surface area contributed by atoms with E-state index in [2.05, 4.69) is 20.7 Å². The normalized spacial score (nSPS) is 11.7. The number of aryl methyl sites for hydroxylation is 1. The Balaban J connectivity index is 1.79. The number of nitrogens with zero attached hydrogens (tertiary/aromatic N) is 3. The minimum absolute atomic E-state index is 0.162. The first kappa shape index (κ1) is 19.9. The van der Waals surface area contributed by atoms with E-state index < -0.39 is 29.7 Å². The summed E-state index contributed by atoms with van der Waals surface area (Å²) in [6.07, 6.45) is 1.63. The van der Waals surface area contributed by atoms with Crippen LogP contribution in [-0.4, -0.2) is 37.9 Å². The summed E-state index contributed by atoms with van der Waals surface area (Å²) >= 11 is 0. The zero-order chi connectivity index (χ0) is 21.0. The molecule has 0 saturated heterocycles. The quantitative estimate of drug-likeness (QED) is 0.588. The van der Waals surface area contributed by atoms with E-state index in [0.29, 0.717) is 11.5 Å². The molecule has 3 N–H and O–H groups in total. The third kappa shape index (κ3) is 4.92. The number of amides is 2. The first-order chi connectivity index (χ1) is 13.8. The molecule has 0 saturated carbocycles. The minimum atomic E-state index is -1.42. The van der Waals surface area contributed by atoms with Gasteiger partial charge in [-0.1, -0.05) is 6.07 Å². The van der Waals surface area contributed by atoms with Crippen molar-refractivity contribution in [2.24, 2.45) is 7.05 Å². The van der Waals surface area contributed by atoms with Gasteiger partial charge < -0.3 is 15.7 Å². The molecule has 150 valence electrons. The van der Waals surface area contributed by atoms with Gasteiger partial charge in [0.1, 0.15) is 11.9 Å². The first-order valence-corrected chi connectivity index (χ1v) is 8.52. The summed E-state index contributed by atoms with van der Waals surface area (Å²) in [7, 11) is 1.62. The third-order valence-electron chi connectivity index (χ3n) is 4.15. The van der Waals surface area contributed by atoms with Crippen LogP contribution in [0.2, 0.25) is 0 Å². The lowest BCUT2D eigenvalue weighted by atomic mass is 10.0. The summed E-state index contributed by atoms with van der Waals surface area (Å²) < 4.78 is 28.0. The number of aromatic nitrogens is 3. The van der Waals surface area contributed by atoms with Gasteiger partial charge in [-0.2, -0.15) is 5.10 Å². The maximum Gasteiger partial charge on any atom is 0.405 e. The molecule has 2 amide bonds. The van der Waals surface area contributed by atoms with Crippen LogP contribution in [0.5, 0.6) is 0 Å². The molecule has 0 spiro atoms. The molecule has 3 aromatic rings. The summed E-state index contributed by atoms with van der Waals surface area (Å²) in [5, 5.41) is 18.0. The minimum Gasteiger partial charge on any atom is -0.465 e. The number of benzene rings is 1. The smallest absolute Gasteiger partial charge is 0.405 e. The second kappa shape index (κ2) is 8.46. The predicted molar refractivity (Wildman–Crippen MR) is 100 cm³/mol. The SMILES string of the molecule is Cn1nc(-c2ccncc2)cc1NC(=O)[C@H](Cc1ccc(F)c(F)c1)NC(=O)O. The standard InChI is InChI=1S/C19H17F2N5O3/c1-26-17(10-15(25-26)12-4-6-22-7-5-12)24-18(27)16(23-19(28)29)9-11-2-3-13(20)14(21)8-11/h2-8,10,16,23H,9H2,1H3,(H,24,27)(H,28,29)/t16-/m0/s1. The Bertz CT molecular complexity index is 1040. The number of halogens is 2. The van der Waals surface area contributed by atoms with Gasteiger partial charge in [-0.25, -0.2) is 13.6 Å². The summed E-state index contributed by atoms with van der Waals surface area (Å²) in [5.74, 6) is -2.43. The molecule has 0 fully saturated rings. The van der Waals surface area contributed by atoms with Gasteiger partial charge in [0.25, 0.3) is 0 Å². The molecule has 3 rings (SSSR count). The lowest BCUT2D eigenvalue weighted by Crippen LogP contribution is -2.44. The highest BCUT2D eigenvalue weighted by Gasteiger charge is 2.23. The van der Waals surface area contributed by atoms with Crippen molar-refractivity contribution in [2.45, 2.75) is 12.5 Å². The van der Waals surface area contributed by atoms with Crippen molar-refractivity contribution < 1.29 is 23.5 Å². The topological polar surface area (TPSA) is 109 Å². The molecular weight excluding hydrogens is 384 g/mol. The number of pyridine rings is 1. The lowest BCUT2D eigenvalue weighted by Gasteiger charge is -2.17. The maximum atomic E-state index is 13.4. The highest BCUT2D eigenvalue weighted by atomic mass is 19.2. The van der Waals surface area contributed by atoms with Gasteiger partial charge >= 0.3 is 6.09 Å². The van der Waals surface area contributed by atoms with Gasteiger partial charge in [0.05, 0.1) is 5.69 Å². The predicted octanol–water partition coefficient (Wildman–Crippen LogP) is 2.58. The van der Waals surface area contributed by atoms with Crippen molar-refractivity contribution in [3.63, 3.8) is 0 Å². The Labute approximate surface area is 164 Å². The van der Waals surface area contributed by atoms with Gasteiger partial charge in [0.2, 0.25) is 5.91 Å². The van der Waals surface area contributed by atoms with Crippen molar-refractivity contribution in [3.05, 3.63) is 66.0 Å². The van der Waals surface area contributed by atoms with Crippen LogP contribution in [0.15, 0.2) is 48.8 Å². The monoisotopic (exact) mass is 401 g/mol. The Morgan fingerprint density at radius 2 is 1.86 bits per heavy atom. The highest BCUT2D eigenvalue weighted by Crippen LogP contribution is 2.21. The van der Waals surface area contributed by atoms with Gasteiger partial charge in [0.15, 0.2) is 11.6 Å². The van der Waals surface area contributed by atoms with Crippen molar-refractivity contribution >= 4 is 17.8 Å². The molecule has 1 aromatic carbocycles. The average molecular weight is 401 g/mol. The summed E-state index contributed by atoms with van der Waals surface area (Å²) in [4.78, 5) is 27.7. The molecule has 0 aliphatic rings. The number of carbonyl (C=O) groups is 2. The summed E-state index contributed by atoms with van der Waals surface area (Å²) in [5.41, 5.74) is 1.65. The fourth-order valence-electron chi connectivity index (χ4n) is 2.72. The molecule has 8 nitrogen and oxygen atoms in total. The summed E-state index contributed by atoms with van der Waals surface area (Å²) in [6.45, 7) is 0. The molecule has 0 aliphatic heterocycles. The van der Waals surface area contributed by atoms with Crippen LogP contribution in [-0.2, 0) is 18.3 Å². The van der Waals surface area contributed by atoms with Gasteiger partial charge in [-0.3, -0.25) is 14.5 Å². The summed E-state index contributed by atoms with van der Waals surface area (Å²) in [6, 6.07) is 7.04. The fraction of sp³-hybridized carbons (Fsp3) is 0.158. The number of anilines is 1.